The van der Waals surface area contributed by atoms with Crippen LogP contribution < -0.4 is 4.74 Å². The Morgan fingerprint density at radius 2 is 2.50 bits per heavy atom. The Balaban J connectivity index is 1.96. The minimum absolute atomic E-state index is 0.0588. The van der Waals surface area contributed by atoms with E-state index in [0.29, 0.717) is 23.3 Å². The molecule has 1 aliphatic heterocycles. The summed E-state index contributed by atoms with van der Waals surface area (Å²) in [6.07, 6.45) is 4.00. The second-order valence-corrected chi connectivity index (χ2v) is 3.86. The van der Waals surface area contributed by atoms with Crippen molar-refractivity contribution in [1.29, 1.82) is 0 Å². The molecule has 0 saturated carbocycles. The summed E-state index contributed by atoms with van der Waals surface area (Å²) in [5.74, 6) is 0.581. The van der Waals surface area contributed by atoms with E-state index in [0.717, 1.165) is 13.0 Å². The van der Waals surface area contributed by atoms with Gasteiger partial charge < -0.3 is 9.47 Å². The molecule has 1 aliphatic rings. The van der Waals surface area contributed by atoms with E-state index in [-0.39, 0.29) is 6.10 Å². The summed E-state index contributed by atoms with van der Waals surface area (Å²) in [6.45, 7) is 1.33. The molecule has 84 valence electrons. The van der Waals surface area contributed by atoms with Crippen LogP contribution in [0.5, 0.6) is 5.75 Å². The van der Waals surface area contributed by atoms with Crippen LogP contribution in [0, 0.1) is 0 Å². The monoisotopic (exact) mass is 240 g/mol. The van der Waals surface area contributed by atoms with E-state index in [2.05, 4.69) is 15.2 Å². The highest BCUT2D eigenvalue weighted by Gasteiger charge is 2.19. The maximum Gasteiger partial charge on any atom is 0.210 e. The fourth-order valence-corrected chi connectivity index (χ4v) is 1.81. The number of fused-ring (bicyclic) bond motifs is 1. The highest BCUT2D eigenvalue weighted by molar-refractivity contribution is 6.28. The van der Waals surface area contributed by atoms with Crippen molar-refractivity contribution in [2.75, 3.05) is 13.2 Å². The van der Waals surface area contributed by atoms with Crippen LogP contribution in [0.4, 0.5) is 0 Å². The summed E-state index contributed by atoms with van der Waals surface area (Å²) in [5.41, 5.74) is 0.576. The Labute approximate surface area is 96.2 Å². The fourth-order valence-electron chi connectivity index (χ4n) is 1.64. The van der Waals surface area contributed by atoms with Crippen molar-refractivity contribution in [3.63, 3.8) is 0 Å². The standard InChI is InChI=1S/C9H9ClN4O2/c10-9-11-3-7(8-13-12-5-14(8)9)16-6-1-2-15-4-6/h3,5-6H,1-2,4H2. The van der Waals surface area contributed by atoms with Gasteiger partial charge in [-0.1, -0.05) is 0 Å². The Bertz CT molecular complexity index is 509. The Kier molecular flexibility index (Phi) is 2.37. The minimum Gasteiger partial charge on any atom is -0.482 e. The fraction of sp³-hybridized carbons (Fsp3) is 0.444. The predicted octanol–water partition coefficient (Wildman–Crippen LogP) is 0.945. The third-order valence-electron chi connectivity index (χ3n) is 2.44. The van der Waals surface area contributed by atoms with E-state index < -0.39 is 0 Å². The first kappa shape index (κ1) is 9.80. The van der Waals surface area contributed by atoms with Gasteiger partial charge in [0.1, 0.15) is 12.4 Å². The molecular formula is C9H9ClN4O2. The summed E-state index contributed by atoms with van der Waals surface area (Å²) < 4.78 is 12.5. The van der Waals surface area contributed by atoms with Gasteiger partial charge in [0, 0.05) is 6.42 Å². The zero-order chi connectivity index (χ0) is 11.0. The molecule has 0 aromatic carbocycles. The summed E-state index contributed by atoms with van der Waals surface area (Å²) in [4.78, 5) is 4.00. The van der Waals surface area contributed by atoms with Gasteiger partial charge in [0.05, 0.1) is 19.4 Å². The van der Waals surface area contributed by atoms with Gasteiger partial charge in [-0.25, -0.2) is 4.98 Å². The molecule has 0 radical (unpaired) electrons. The molecule has 7 heteroatoms. The number of rotatable bonds is 2. The van der Waals surface area contributed by atoms with Crippen LogP contribution in [0.3, 0.4) is 0 Å². The number of hydrogen-bond acceptors (Lipinski definition) is 5. The second-order valence-electron chi connectivity index (χ2n) is 3.52. The van der Waals surface area contributed by atoms with Gasteiger partial charge in [0.2, 0.25) is 10.9 Å². The van der Waals surface area contributed by atoms with Crippen LogP contribution in [0.1, 0.15) is 6.42 Å². The molecule has 2 aromatic heterocycles. The predicted molar refractivity (Wildman–Crippen MR) is 55.6 cm³/mol. The second kappa shape index (κ2) is 3.88. The van der Waals surface area contributed by atoms with Crippen molar-refractivity contribution in [2.24, 2.45) is 0 Å². The molecular weight excluding hydrogens is 232 g/mol. The number of halogens is 1. The first-order valence-corrected chi connectivity index (χ1v) is 5.31. The molecule has 1 unspecified atom stereocenters. The first-order valence-electron chi connectivity index (χ1n) is 4.93. The molecule has 6 nitrogen and oxygen atoms in total. The van der Waals surface area contributed by atoms with Crippen LogP contribution in [-0.2, 0) is 4.74 Å². The highest BCUT2D eigenvalue weighted by Crippen LogP contribution is 2.22. The van der Waals surface area contributed by atoms with E-state index in [1.54, 1.807) is 10.6 Å². The van der Waals surface area contributed by atoms with Crippen molar-refractivity contribution in [1.82, 2.24) is 19.6 Å². The number of nitrogens with zero attached hydrogens (tertiary/aromatic N) is 4. The van der Waals surface area contributed by atoms with E-state index in [1.165, 1.54) is 6.33 Å². The van der Waals surface area contributed by atoms with Crippen LogP contribution >= 0.6 is 11.6 Å². The van der Waals surface area contributed by atoms with Crippen molar-refractivity contribution >= 4 is 17.2 Å². The molecule has 1 saturated heterocycles. The Morgan fingerprint density at radius 1 is 1.56 bits per heavy atom. The van der Waals surface area contributed by atoms with Gasteiger partial charge in [-0.05, 0) is 11.6 Å². The van der Waals surface area contributed by atoms with Gasteiger partial charge in [-0.15, -0.1) is 10.2 Å². The largest absolute Gasteiger partial charge is 0.482 e. The van der Waals surface area contributed by atoms with Crippen molar-refractivity contribution in [3.05, 3.63) is 17.8 Å². The lowest BCUT2D eigenvalue weighted by Crippen LogP contribution is -2.16. The maximum atomic E-state index is 5.88. The quantitative estimate of drug-likeness (QED) is 0.732. The summed E-state index contributed by atoms with van der Waals surface area (Å²) in [5, 5.41) is 8.03. The lowest BCUT2D eigenvalue weighted by Gasteiger charge is -2.11. The van der Waals surface area contributed by atoms with Gasteiger partial charge in [-0.3, -0.25) is 4.40 Å². The molecule has 0 aliphatic carbocycles. The normalized spacial score (nSPS) is 20.4. The minimum atomic E-state index is 0.0588. The van der Waals surface area contributed by atoms with E-state index in [9.17, 15) is 0 Å². The number of aromatic nitrogens is 4. The molecule has 0 N–H and O–H groups in total. The molecule has 0 spiro atoms. The van der Waals surface area contributed by atoms with Gasteiger partial charge in [0.15, 0.2) is 5.75 Å². The van der Waals surface area contributed by atoms with Crippen LogP contribution in [0.25, 0.3) is 5.65 Å². The van der Waals surface area contributed by atoms with E-state index >= 15 is 0 Å². The zero-order valence-electron chi connectivity index (χ0n) is 8.34. The maximum absolute atomic E-state index is 5.88. The lowest BCUT2D eigenvalue weighted by molar-refractivity contribution is 0.141. The first-order chi connectivity index (χ1) is 7.84. The van der Waals surface area contributed by atoms with E-state index in [4.69, 9.17) is 21.1 Å². The SMILES string of the molecule is Clc1ncc(OC2CCOC2)c2nncn12. The van der Waals surface area contributed by atoms with E-state index in [1.807, 2.05) is 0 Å². The topological polar surface area (TPSA) is 61.5 Å². The van der Waals surface area contributed by atoms with Crippen LogP contribution in [0.2, 0.25) is 5.28 Å². The number of ether oxygens (including phenoxy) is 2. The lowest BCUT2D eigenvalue weighted by atomic mass is 10.3. The van der Waals surface area contributed by atoms with Crippen molar-refractivity contribution in [2.45, 2.75) is 12.5 Å². The van der Waals surface area contributed by atoms with Crippen molar-refractivity contribution < 1.29 is 9.47 Å². The molecule has 16 heavy (non-hydrogen) atoms. The summed E-state index contributed by atoms with van der Waals surface area (Å²) in [6, 6.07) is 0. The Morgan fingerprint density at radius 3 is 3.31 bits per heavy atom. The molecule has 1 atom stereocenters. The third-order valence-corrected chi connectivity index (χ3v) is 2.72. The third kappa shape index (κ3) is 1.60. The Hall–Kier alpha value is -1.40. The molecule has 3 rings (SSSR count). The van der Waals surface area contributed by atoms with Crippen LogP contribution in [0.15, 0.2) is 12.5 Å². The van der Waals surface area contributed by atoms with Crippen LogP contribution in [-0.4, -0.2) is 38.9 Å². The van der Waals surface area contributed by atoms with Gasteiger partial charge >= 0.3 is 0 Å². The highest BCUT2D eigenvalue weighted by atomic mass is 35.5. The smallest absolute Gasteiger partial charge is 0.210 e. The average molecular weight is 241 g/mol. The molecule has 1 fully saturated rings. The summed E-state index contributed by atoms with van der Waals surface area (Å²) >= 11 is 5.88. The van der Waals surface area contributed by atoms with Gasteiger partial charge in [0.25, 0.3) is 0 Å². The average Bonchev–Trinajstić information content (AvgIpc) is 2.92. The molecule has 0 bridgehead atoms. The molecule has 0 amide bonds. The zero-order valence-corrected chi connectivity index (χ0v) is 9.09. The summed E-state index contributed by atoms with van der Waals surface area (Å²) in [7, 11) is 0. The van der Waals surface area contributed by atoms with Crippen molar-refractivity contribution in [3.8, 4) is 5.75 Å². The molecule has 2 aromatic rings. The number of hydrogen-bond donors (Lipinski definition) is 0. The van der Waals surface area contributed by atoms with Gasteiger partial charge in [-0.2, -0.15) is 0 Å². The molecule has 3 heterocycles.